The van der Waals surface area contributed by atoms with Crippen molar-refractivity contribution < 1.29 is 14.4 Å². The quantitative estimate of drug-likeness (QED) is 0.267. The van der Waals surface area contributed by atoms with E-state index in [2.05, 4.69) is 22.0 Å². The molecule has 0 fully saturated rings. The summed E-state index contributed by atoms with van der Waals surface area (Å²) in [5, 5.41) is 20.5. The molecule has 0 amide bonds. The van der Waals surface area contributed by atoms with Crippen LogP contribution in [-0.4, -0.2) is 18.1 Å². The second-order valence-electron chi connectivity index (χ2n) is 5.16. The highest BCUT2D eigenvalue weighted by Crippen LogP contribution is 2.35. The molecule has 2 rings (SSSR count). The maximum Gasteiger partial charge on any atom is 0.270 e. The van der Waals surface area contributed by atoms with Gasteiger partial charge in [-0.1, -0.05) is 12.1 Å². The summed E-state index contributed by atoms with van der Waals surface area (Å²) in [5.41, 5.74) is 1.37. The number of nitro groups is 1. The predicted molar refractivity (Wildman–Crippen MR) is 103 cm³/mol. The van der Waals surface area contributed by atoms with E-state index in [1.165, 1.54) is 12.1 Å². The van der Waals surface area contributed by atoms with Gasteiger partial charge < -0.3 is 9.47 Å². The van der Waals surface area contributed by atoms with Crippen LogP contribution in [0.25, 0.3) is 11.6 Å². The van der Waals surface area contributed by atoms with Crippen LogP contribution in [0.15, 0.2) is 40.9 Å². The summed E-state index contributed by atoms with van der Waals surface area (Å²) in [6, 6.07) is 11.6. The molecule has 0 unspecified atom stereocenters. The summed E-state index contributed by atoms with van der Waals surface area (Å²) in [7, 11) is 0. The van der Waals surface area contributed by atoms with Crippen molar-refractivity contribution >= 4 is 33.3 Å². The monoisotopic (exact) mass is 416 g/mol. The van der Waals surface area contributed by atoms with Gasteiger partial charge in [0, 0.05) is 23.8 Å². The first-order valence-electron chi connectivity index (χ1n) is 7.95. The van der Waals surface area contributed by atoms with E-state index in [-0.39, 0.29) is 5.69 Å². The number of rotatable bonds is 7. The van der Waals surface area contributed by atoms with Crippen LogP contribution in [0, 0.1) is 21.4 Å². The molecule has 6 nitrogen and oxygen atoms in total. The molecule has 2 aromatic rings. The fraction of sp³-hybridized carbons (Fsp3) is 0.211. The predicted octanol–water partition coefficient (Wildman–Crippen LogP) is 5.22. The number of nitro benzene ring substituents is 1. The topological polar surface area (TPSA) is 85.4 Å². The third-order valence-electron chi connectivity index (χ3n) is 3.45. The van der Waals surface area contributed by atoms with E-state index >= 15 is 0 Å². The van der Waals surface area contributed by atoms with Gasteiger partial charge in [-0.15, -0.1) is 0 Å². The zero-order chi connectivity index (χ0) is 19.1. The molecular formula is C19H17BrN2O4. The standard InChI is InChI=1S/C19H17BrN2O4/c1-3-25-18-11-19(26-4-2)17(20)10-14(18)8-15(12-21)13-6-5-7-16(9-13)22(23)24/h5-11H,3-4H2,1-2H3. The molecule has 0 aliphatic rings. The van der Waals surface area contributed by atoms with Gasteiger partial charge in [-0.05, 0) is 47.5 Å². The van der Waals surface area contributed by atoms with E-state index in [0.29, 0.717) is 41.4 Å². The minimum Gasteiger partial charge on any atom is -0.493 e. The molecule has 134 valence electrons. The highest BCUT2D eigenvalue weighted by molar-refractivity contribution is 9.10. The SMILES string of the molecule is CCOc1cc(OCC)c(C=C(C#N)c2cccc([N+](=O)[O-])c2)cc1Br. The second kappa shape index (κ2) is 9.02. The molecule has 0 radical (unpaired) electrons. The summed E-state index contributed by atoms with van der Waals surface area (Å²) in [6.07, 6.45) is 1.64. The summed E-state index contributed by atoms with van der Waals surface area (Å²) in [5.74, 6) is 1.21. The number of nitriles is 1. The minimum absolute atomic E-state index is 0.0680. The number of nitrogens with zero attached hydrogens (tertiary/aromatic N) is 2. The van der Waals surface area contributed by atoms with Crippen molar-refractivity contribution in [1.29, 1.82) is 5.26 Å². The van der Waals surface area contributed by atoms with Crippen LogP contribution in [0.5, 0.6) is 11.5 Å². The minimum atomic E-state index is -0.489. The Kier molecular flexibility index (Phi) is 6.75. The third-order valence-corrected chi connectivity index (χ3v) is 4.07. The van der Waals surface area contributed by atoms with Gasteiger partial charge >= 0.3 is 0 Å². The van der Waals surface area contributed by atoms with E-state index in [1.807, 2.05) is 13.8 Å². The zero-order valence-electron chi connectivity index (χ0n) is 14.4. The normalized spacial score (nSPS) is 10.9. The molecule has 2 aromatic carbocycles. The molecule has 0 saturated heterocycles. The van der Waals surface area contributed by atoms with E-state index in [1.54, 1.807) is 30.3 Å². The van der Waals surface area contributed by atoms with Crippen molar-refractivity contribution in [3.63, 3.8) is 0 Å². The number of hydrogen-bond acceptors (Lipinski definition) is 5. The molecule has 0 aliphatic carbocycles. The number of hydrogen-bond donors (Lipinski definition) is 0. The van der Waals surface area contributed by atoms with E-state index in [9.17, 15) is 15.4 Å². The van der Waals surface area contributed by atoms with Crippen LogP contribution in [0.3, 0.4) is 0 Å². The van der Waals surface area contributed by atoms with Crippen LogP contribution in [0.1, 0.15) is 25.0 Å². The molecule has 0 aliphatic heterocycles. The molecule has 0 spiro atoms. The van der Waals surface area contributed by atoms with Crippen LogP contribution < -0.4 is 9.47 Å². The Balaban J connectivity index is 2.54. The summed E-state index contributed by atoms with van der Waals surface area (Å²) >= 11 is 3.45. The van der Waals surface area contributed by atoms with Gasteiger partial charge in [-0.25, -0.2) is 0 Å². The lowest BCUT2D eigenvalue weighted by Crippen LogP contribution is -1.98. The maximum atomic E-state index is 11.0. The van der Waals surface area contributed by atoms with Crippen molar-refractivity contribution in [3.05, 3.63) is 62.1 Å². The Hall–Kier alpha value is -2.85. The van der Waals surface area contributed by atoms with Crippen LogP contribution >= 0.6 is 15.9 Å². The van der Waals surface area contributed by atoms with Crippen molar-refractivity contribution in [1.82, 2.24) is 0 Å². The van der Waals surface area contributed by atoms with Gasteiger partial charge in [0.1, 0.15) is 11.5 Å². The number of halogens is 1. The number of benzene rings is 2. The summed E-state index contributed by atoms with van der Waals surface area (Å²) in [6.45, 7) is 4.71. The average molecular weight is 417 g/mol. The first-order valence-corrected chi connectivity index (χ1v) is 8.75. The number of non-ortho nitro benzene ring substituents is 1. The van der Waals surface area contributed by atoms with E-state index in [0.717, 1.165) is 4.47 Å². The molecule has 0 N–H and O–H groups in total. The van der Waals surface area contributed by atoms with Crippen molar-refractivity contribution in [2.45, 2.75) is 13.8 Å². The first kappa shape index (κ1) is 19.5. The van der Waals surface area contributed by atoms with Gasteiger partial charge in [0.05, 0.1) is 34.3 Å². The Morgan fingerprint density at radius 3 is 2.54 bits per heavy atom. The van der Waals surface area contributed by atoms with E-state index in [4.69, 9.17) is 9.47 Å². The van der Waals surface area contributed by atoms with Crippen molar-refractivity contribution in [2.24, 2.45) is 0 Å². The van der Waals surface area contributed by atoms with Crippen molar-refractivity contribution in [3.8, 4) is 17.6 Å². The van der Waals surface area contributed by atoms with Crippen LogP contribution in [-0.2, 0) is 0 Å². The maximum absolute atomic E-state index is 11.0. The lowest BCUT2D eigenvalue weighted by Gasteiger charge is -2.13. The molecule has 0 bridgehead atoms. The zero-order valence-corrected chi connectivity index (χ0v) is 15.9. The fourth-order valence-electron chi connectivity index (χ4n) is 2.33. The highest BCUT2D eigenvalue weighted by Gasteiger charge is 2.13. The molecule has 26 heavy (non-hydrogen) atoms. The Labute approximate surface area is 159 Å². The van der Waals surface area contributed by atoms with Crippen molar-refractivity contribution in [2.75, 3.05) is 13.2 Å². The molecule has 0 heterocycles. The van der Waals surface area contributed by atoms with E-state index < -0.39 is 4.92 Å². The summed E-state index contributed by atoms with van der Waals surface area (Å²) in [4.78, 5) is 10.5. The van der Waals surface area contributed by atoms with Gasteiger partial charge in [-0.3, -0.25) is 10.1 Å². The lowest BCUT2D eigenvalue weighted by atomic mass is 10.0. The number of allylic oxidation sites excluding steroid dienone is 1. The third kappa shape index (κ3) is 4.61. The van der Waals surface area contributed by atoms with Gasteiger partial charge in [0.2, 0.25) is 0 Å². The highest BCUT2D eigenvalue weighted by atomic mass is 79.9. The average Bonchev–Trinajstić information content (AvgIpc) is 2.63. The lowest BCUT2D eigenvalue weighted by molar-refractivity contribution is -0.384. The number of ether oxygens (including phenoxy) is 2. The molecule has 0 aromatic heterocycles. The Morgan fingerprint density at radius 2 is 1.92 bits per heavy atom. The van der Waals surface area contributed by atoms with Gasteiger partial charge in [0.25, 0.3) is 5.69 Å². The van der Waals surface area contributed by atoms with Crippen LogP contribution in [0.2, 0.25) is 0 Å². The largest absolute Gasteiger partial charge is 0.493 e. The van der Waals surface area contributed by atoms with Gasteiger partial charge in [0.15, 0.2) is 0 Å². The first-order chi connectivity index (χ1) is 12.5. The fourth-order valence-corrected chi connectivity index (χ4v) is 2.81. The smallest absolute Gasteiger partial charge is 0.270 e. The second-order valence-corrected chi connectivity index (χ2v) is 6.02. The Morgan fingerprint density at radius 1 is 1.23 bits per heavy atom. The molecule has 7 heteroatoms. The Bertz CT molecular complexity index is 888. The molecule has 0 saturated carbocycles. The van der Waals surface area contributed by atoms with Crippen LogP contribution in [0.4, 0.5) is 5.69 Å². The molecular weight excluding hydrogens is 400 g/mol. The molecule has 0 atom stereocenters. The van der Waals surface area contributed by atoms with Gasteiger partial charge in [-0.2, -0.15) is 5.26 Å². The summed E-state index contributed by atoms with van der Waals surface area (Å²) < 4.78 is 11.9.